The first-order chi connectivity index (χ1) is 11.5. The molecule has 0 spiro atoms. The summed E-state index contributed by atoms with van der Waals surface area (Å²) in [5.41, 5.74) is 1.56. The lowest BCUT2D eigenvalue weighted by Gasteiger charge is -2.17. The van der Waals surface area contributed by atoms with Crippen LogP contribution in [0.2, 0.25) is 0 Å². The molecule has 1 amide bonds. The van der Waals surface area contributed by atoms with Gasteiger partial charge in [0.05, 0.1) is 25.8 Å². The average molecular weight is 367 g/mol. The van der Waals surface area contributed by atoms with E-state index in [1.165, 1.54) is 0 Å². The van der Waals surface area contributed by atoms with Crippen LogP contribution in [0.25, 0.3) is 0 Å². The van der Waals surface area contributed by atoms with Crippen molar-refractivity contribution in [2.75, 3.05) is 18.5 Å². The molecule has 2 rings (SSSR count). The summed E-state index contributed by atoms with van der Waals surface area (Å²) in [6, 6.07) is 11.1. The maximum Gasteiger partial charge on any atom is 0.335 e. The Balaban J connectivity index is 1.94. The molecule has 0 aliphatic carbocycles. The van der Waals surface area contributed by atoms with Crippen molar-refractivity contribution in [2.45, 2.75) is 26.4 Å². The van der Waals surface area contributed by atoms with Crippen LogP contribution in [0.4, 0.5) is 5.69 Å². The summed E-state index contributed by atoms with van der Waals surface area (Å²) in [5, 5.41) is 4.81. The summed E-state index contributed by atoms with van der Waals surface area (Å²) in [6.45, 7) is 4.26. The predicted molar refractivity (Wildman–Crippen MR) is 97.7 cm³/mol. The Morgan fingerprint density at radius 2 is 1.79 bits per heavy atom. The topological polar surface area (TPSA) is 64.6 Å². The standard InChI is InChI=1S/C17H22NO4PS/c1-3-21-23(20,22-4-2)13-14-7-9-15(10-8-14)18-17(19)12-16-6-5-11-24-16/h5-11H,3-4,12-13H2,1-2H3,(H,18,19). The van der Waals surface area contributed by atoms with Gasteiger partial charge < -0.3 is 14.4 Å². The van der Waals surface area contributed by atoms with Crippen molar-refractivity contribution in [3.8, 4) is 0 Å². The molecule has 130 valence electrons. The fourth-order valence-corrected chi connectivity index (χ4v) is 4.62. The normalized spacial score (nSPS) is 11.4. The number of carbonyl (C=O) groups excluding carboxylic acids is 1. The van der Waals surface area contributed by atoms with E-state index >= 15 is 0 Å². The van der Waals surface area contributed by atoms with Crippen LogP contribution in [-0.2, 0) is 31.0 Å². The van der Waals surface area contributed by atoms with E-state index in [9.17, 15) is 9.36 Å². The summed E-state index contributed by atoms with van der Waals surface area (Å²) < 4.78 is 23.1. The van der Waals surface area contributed by atoms with Crippen LogP contribution >= 0.6 is 18.9 Å². The SMILES string of the molecule is CCOP(=O)(Cc1ccc(NC(=O)Cc2cccs2)cc1)OCC. The predicted octanol–water partition coefficient (Wildman–Crippen LogP) is 4.70. The van der Waals surface area contributed by atoms with Gasteiger partial charge in [0.2, 0.25) is 5.91 Å². The molecule has 0 aliphatic heterocycles. The lowest BCUT2D eigenvalue weighted by atomic mass is 10.2. The summed E-state index contributed by atoms with van der Waals surface area (Å²) in [7, 11) is -3.11. The molecule has 0 bridgehead atoms. The molecule has 5 nitrogen and oxygen atoms in total. The van der Waals surface area contributed by atoms with E-state index in [1.807, 2.05) is 29.6 Å². The minimum Gasteiger partial charge on any atom is -0.326 e. The molecule has 1 aromatic carbocycles. The van der Waals surface area contributed by atoms with Crippen molar-refractivity contribution in [1.29, 1.82) is 0 Å². The molecule has 0 radical (unpaired) electrons. The van der Waals surface area contributed by atoms with Crippen LogP contribution in [0.1, 0.15) is 24.3 Å². The van der Waals surface area contributed by atoms with Crippen molar-refractivity contribution in [1.82, 2.24) is 0 Å². The van der Waals surface area contributed by atoms with Gasteiger partial charge in [-0.3, -0.25) is 9.36 Å². The number of rotatable bonds is 9. The molecular formula is C17H22NO4PS. The van der Waals surface area contributed by atoms with Gasteiger partial charge >= 0.3 is 7.60 Å². The lowest BCUT2D eigenvalue weighted by molar-refractivity contribution is -0.115. The first-order valence-corrected chi connectivity index (χ1v) is 10.4. The quantitative estimate of drug-likeness (QED) is 0.653. The molecular weight excluding hydrogens is 345 g/mol. The number of nitrogens with one attached hydrogen (secondary N) is 1. The van der Waals surface area contributed by atoms with Gasteiger partial charge in [-0.1, -0.05) is 18.2 Å². The number of benzene rings is 1. The fraction of sp³-hybridized carbons (Fsp3) is 0.353. The van der Waals surface area contributed by atoms with Crippen LogP contribution in [0.5, 0.6) is 0 Å². The summed E-state index contributed by atoms with van der Waals surface area (Å²) in [4.78, 5) is 13.0. The Hall–Kier alpha value is -1.46. The lowest BCUT2D eigenvalue weighted by Crippen LogP contribution is -2.13. The minimum atomic E-state index is -3.11. The van der Waals surface area contributed by atoms with Crippen LogP contribution in [-0.4, -0.2) is 19.1 Å². The molecule has 0 fully saturated rings. The Morgan fingerprint density at radius 3 is 2.33 bits per heavy atom. The second-order valence-corrected chi connectivity index (χ2v) is 8.19. The van der Waals surface area contributed by atoms with Gasteiger partial charge in [-0.2, -0.15) is 0 Å². The molecule has 1 N–H and O–H groups in total. The van der Waals surface area contributed by atoms with Crippen molar-refractivity contribution in [3.05, 3.63) is 52.2 Å². The largest absolute Gasteiger partial charge is 0.335 e. The smallest absolute Gasteiger partial charge is 0.326 e. The zero-order valence-corrected chi connectivity index (χ0v) is 15.6. The highest BCUT2D eigenvalue weighted by Crippen LogP contribution is 2.51. The van der Waals surface area contributed by atoms with E-state index in [1.54, 1.807) is 37.3 Å². The number of anilines is 1. The highest BCUT2D eigenvalue weighted by Gasteiger charge is 2.23. The van der Waals surface area contributed by atoms with Crippen molar-refractivity contribution in [2.24, 2.45) is 0 Å². The van der Waals surface area contributed by atoms with E-state index in [2.05, 4.69) is 5.32 Å². The van der Waals surface area contributed by atoms with Gasteiger partial charge in [0.1, 0.15) is 0 Å². The molecule has 0 atom stereocenters. The van der Waals surface area contributed by atoms with Crippen LogP contribution in [0.3, 0.4) is 0 Å². The zero-order valence-electron chi connectivity index (χ0n) is 13.9. The van der Waals surface area contributed by atoms with Crippen LogP contribution in [0, 0.1) is 0 Å². The van der Waals surface area contributed by atoms with Crippen LogP contribution < -0.4 is 5.32 Å². The van der Waals surface area contributed by atoms with Crippen molar-refractivity contribution in [3.63, 3.8) is 0 Å². The maximum absolute atomic E-state index is 12.5. The maximum atomic E-state index is 12.5. The van der Waals surface area contributed by atoms with Gasteiger partial charge in [-0.05, 0) is 43.0 Å². The van der Waals surface area contributed by atoms with Gasteiger partial charge in [0.25, 0.3) is 0 Å². The highest BCUT2D eigenvalue weighted by molar-refractivity contribution is 7.53. The first kappa shape index (κ1) is 18.9. The number of thiophene rings is 1. The first-order valence-electron chi connectivity index (χ1n) is 7.84. The van der Waals surface area contributed by atoms with Crippen LogP contribution in [0.15, 0.2) is 41.8 Å². The Kier molecular flexibility index (Phi) is 7.18. The Morgan fingerprint density at radius 1 is 1.12 bits per heavy atom. The molecule has 7 heteroatoms. The van der Waals surface area contributed by atoms with E-state index < -0.39 is 7.60 Å². The van der Waals surface area contributed by atoms with E-state index in [0.29, 0.717) is 25.3 Å². The molecule has 0 saturated heterocycles. The number of hydrogen-bond acceptors (Lipinski definition) is 5. The number of carbonyl (C=O) groups is 1. The molecule has 0 aliphatic rings. The third-order valence-electron chi connectivity index (χ3n) is 3.18. The van der Waals surface area contributed by atoms with Gasteiger partial charge in [0, 0.05) is 10.6 Å². The average Bonchev–Trinajstić information content (AvgIpc) is 3.02. The highest BCUT2D eigenvalue weighted by atomic mass is 32.1. The Bertz CT molecular complexity index is 675. The van der Waals surface area contributed by atoms with Gasteiger partial charge in [0.15, 0.2) is 0 Å². The summed E-state index contributed by atoms with van der Waals surface area (Å²) in [5.74, 6) is -0.0560. The van der Waals surface area contributed by atoms with Crippen molar-refractivity contribution >= 4 is 30.5 Å². The summed E-state index contributed by atoms with van der Waals surface area (Å²) >= 11 is 1.56. The molecule has 1 aromatic heterocycles. The Labute approximate surface area is 146 Å². The van der Waals surface area contributed by atoms with Crippen molar-refractivity contribution < 1.29 is 18.4 Å². The third-order valence-corrected chi connectivity index (χ3v) is 6.11. The zero-order chi connectivity index (χ0) is 17.4. The molecule has 1 heterocycles. The monoisotopic (exact) mass is 367 g/mol. The summed E-state index contributed by atoms with van der Waals surface area (Å²) in [6.07, 6.45) is 0.585. The van der Waals surface area contributed by atoms with Gasteiger partial charge in [-0.25, -0.2) is 0 Å². The third kappa shape index (κ3) is 5.87. The number of amides is 1. The molecule has 0 saturated carbocycles. The molecule has 0 unspecified atom stereocenters. The van der Waals surface area contributed by atoms with Gasteiger partial charge in [-0.15, -0.1) is 11.3 Å². The second-order valence-electron chi connectivity index (χ2n) is 5.11. The fourth-order valence-electron chi connectivity index (χ4n) is 2.22. The van der Waals surface area contributed by atoms with E-state index in [-0.39, 0.29) is 12.1 Å². The number of hydrogen-bond donors (Lipinski definition) is 1. The molecule has 2 aromatic rings. The minimum absolute atomic E-state index is 0.0560. The van der Waals surface area contributed by atoms with E-state index in [4.69, 9.17) is 9.05 Å². The molecule has 24 heavy (non-hydrogen) atoms. The van der Waals surface area contributed by atoms with E-state index in [0.717, 1.165) is 10.4 Å². The second kappa shape index (κ2) is 9.14.